The highest BCUT2D eigenvalue weighted by Gasteiger charge is 2.27. The molecule has 0 atom stereocenters. The SMILES string of the molecule is Cc1ccc(S(=O)(=O)N(CC(=O)NCc2ccccc2CN2CCCC2=O)c2ccc(C(C)C)cc2)cc1. The normalized spacial score (nSPS) is 13.7. The molecule has 1 N–H and O–H groups in total. The lowest BCUT2D eigenvalue weighted by Gasteiger charge is -2.25. The van der Waals surface area contributed by atoms with Crippen molar-refractivity contribution in [2.45, 2.75) is 57.5 Å². The molecule has 0 unspecified atom stereocenters. The number of anilines is 1. The minimum Gasteiger partial charge on any atom is -0.350 e. The Kier molecular flexibility index (Phi) is 8.52. The van der Waals surface area contributed by atoms with Gasteiger partial charge in [-0.05, 0) is 60.2 Å². The molecule has 4 rings (SSSR count). The highest BCUT2D eigenvalue weighted by atomic mass is 32.2. The maximum atomic E-state index is 13.7. The van der Waals surface area contributed by atoms with Crippen LogP contribution in [0.1, 0.15) is 54.9 Å². The number of aryl methyl sites for hydroxylation is 1. The molecule has 3 aromatic rings. The van der Waals surface area contributed by atoms with E-state index in [0.717, 1.165) is 39.5 Å². The first-order valence-electron chi connectivity index (χ1n) is 13.0. The van der Waals surface area contributed by atoms with Crippen LogP contribution in [0.25, 0.3) is 0 Å². The van der Waals surface area contributed by atoms with Gasteiger partial charge < -0.3 is 10.2 Å². The molecule has 0 aliphatic carbocycles. The minimum atomic E-state index is -3.98. The van der Waals surface area contributed by atoms with Gasteiger partial charge in [-0.15, -0.1) is 0 Å². The van der Waals surface area contributed by atoms with Gasteiger partial charge in [0, 0.05) is 26.1 Å². The number of carbonyl (C=O) groups excluding carboxylic acids is 2. The number of likely N-dealkylation sites (tertiary alicyclic amines) is 1. The number of carbonyl (C=O) groups is 2. The fourth-order valence-corrected chi connectivity index (χ4v) is 5.94. The topological polar surface area (TPSA) is 86.8 Å². The quantitative estimate of drug-likeness (QED) is 0.407. The fraction of sp³-hybridized carbons (Fsp3) is 0.333. The van der Waals surface area contributed by atoms with Crippen molar-refractivity contribution in [1.29, 1.82) is 0 Å². The van der Waals surface area contributed by atoms with Gasteiger partial charge >= 0.3 is 0 Å². The van der Waals surface area contributed by atoms with E-state index < -0.39 is 15.9 Å². The first-order valence-corrected chi connectivity index (χ1v) is 14.4. The standard InChI is InChI=1S/C30H35N3O4S/c1-22(2)24-12-14-27(15-13-24)33(38(36,37)28-16-10-23(3)11-17-28)21-29(34)31-19-25-7-4-5-8-26(25)20-32-18-6-9-30(32)35/h4-5,7-8,10-17,22H,6,9,18-21H2,1-3H3,(H,31,34). The molecule has 38 heavy (non-hydrogen) atoms. The predicted octanol–water partition coefficient (Wildman–Crippen LogP) is 4.75. The molecule has 0 spiro atoms. The van der Waals surface area contributed by atoms with Crippen LogP contribution < -0.4 is 9.62 Å². The summed E-state index contributed by atoms with van der Waals surface area (Å²) in [5, 5.41) is 2.89. The molecule has 1 saturated heterocycles. The largest absolute Gasteiger partial charge is 0.350 e. The van der Waals surface area contributed by atoms with Crippen molar-refractivity contribution in [3.05, 3.63) is 95.1 Å². The van der Waals surface area contributed by atoms with Gasteiger partial charge in [0.25, 0.3) is 10.0 Å². The Morgan fingerprint density at radius 3 is 2.24 bits per heavy atom. The monoisotopic (exact) mass is 533 g/mol. The van der Waals surface area contributed by atoms with E-state index in [1.807, 2.05) is 48.2 Å². The van der Waals surface area contributed by atoms with Crippen molar-refractivity contribution in [1.82, 2.24) is 10.2 Å². The first-order chi connectivity index (χ1) is 18.1. The van der Waals surface area contributed by atoms with E-state index >= 15 is 0 Å². The number of rotatable bonds is 10. The molecule has 3 aromatic carbocycles. The van der Waals surface area contributed by atoms with Crippen molar-refractivity contribution in [3.8, 4) is 0 Å². The Balaban J connectivity index is 1.53. The summed E-state index contributed by atoms with van der Waals surface area (Å²) in [6, 6.07) is 21.6. The van der Waals surface area contributed by atoms with Crippen LogP contribution in [0.2, 0.25) is 0 Å². The molecule has 0 saturated carbocycles. The lowest BCUT2D eigenvalue weighted by Crippen LogP contribution is -2.40. The molecule has 7 nitrogen and oxygen atoms in total. The fourth-order valence-electron chi connectivity index (χ4n) is 4.52. The number of sulfonamides is 1. The first kappa shape index (κ1) is 27.4. The third-order valence-electron chi connectivity index (χ3n) is 6.87. The lowest BCUT2D eigenvalue weighted by atomic mass is 10.0. The third-order valence-corrected chi connectivity index (χ3v) is 8.66. The summed E-state index contributed by atoms with van der Waals surface area (Å²) in [6.45, 7) is 7.15. The molecule has 0 aromatic heterocycles. The molecule has 2 amide bonds. The Morgan fingerprint density at radius 2 is 1.63 bits per heavy atom. The second kappa shape index (κ2) is 11.8. The summed E-state index contributed by atoms with van der Waals surface area (Å²) in [6.07, 6.45) is 1.43. The van der Waals surface area contributed by atoms with Gasteiger partial charge in [0.05, 0.1) is 10.6 Å². The van der Waals surface area contributed by atoms with Crippen molar-refractivity contribution in [3.63, 3.8) is 0 Å². The van der Waals surface area contributed by atoms with E-state index in [1.165, 1.54) is 0 Å². The number of hydrogen-bond acceptors (Lipinski definition) is 4. The zero-order chi connectivity index (χ0) is 27.3. The molecular weight excluding hydrogens is 498 g/mol. The molecule has 1 aliphatic heterocycles. The smallest absolute Gasteiger partial charge is 0.264 e. The number of hydrogen-bond donors (Lipinski definition) is 1. The predicted molar refractivity (Wildman–Crippen MR) is 149 cm³/mol. The molecule has 8 heteroatoms. The van der Waals surface area contributed by atoms with E-state index in [2.05, 4.69) is 19.2 Å². The summed E-state index contributed by atoms with van der Waals surface area (Å²) in [4.78, 5) is 27.2. The number of amides is 2. The molecule has 1 heterocycles. The van der Waals surface area contributed by atoms with Gasteiger partial charge in [0.15, 0.2) is 0 Å². The van der Waals surface area contributed by atoms with E-state index in [0.29, 0.717) is 24.6 Å². The van der Waals surface area contributed by atoms with Crippen molar-refractivity contribution < 1.29 is 18.0 Å². The van der Waals surface area contributed by atoms with E-state index in [-0.39, 0.29) is 23.9 Å². The van der Waals surface area contributed by atoms with E-state index in [1.54, 1.807) is 36.4 Å². The summed E-state index contributed by atoms with van der Waals surface area (Å²) in [5.41, 5.74) is 4.33. The molecule has 0 radical (unpaired) electrons. The molecule has 0 bridgehead atoms. The van der Waals surface area contributed by atoms with Crippen LogP contribution in [0.3, 0.4) is 0 Å². The van der Waals surface area contributed by atoms with Gasteiger partial charge in [0.2, 0.25) is 11.8 Å². The summed E-state index contributed by atoms with van der Waals surface area (Å²) < 4.78 is 28.5. The van der Waals surface area contributed by atoms with E-state index in [4.69, 9.17) is 0 Å². The summed E-state index contributed by atoms with van der Waals surface area (Å²) in [7, 11) is -3.98. The zero-order valence-electron chi connectivity index (χ0n) is 22.2. The summed E-state index contributed by atoms with van der Waals surface area (Å²) >= 11 is 0. The van der Waals surface area contributed by atoms with Crippen LogP contribution in [0.5, 0.6) is 0 Å². The van der Waals surface area contributed by atoms with Crippen molar-refractivity contribution in [2.24, 2.45) is 0 Å². The van der Waals surface area contributed by atoms with Crippen molar-refractivity contribution >= 4 is 27.5 Å². The Labute approximate surface area is 225 Å². The molecule has 1 fully saturated rings. The number of nitrogens with zero attached hydrogens (tertiary/aromatic N) is 2. The van der Waals surface area contributed by atoms with Crippen LogP contribution in [0.4, 0.5) is 5.69 Å². The minimum absolute atomic E-state index is 0.129. The molecular formula is C30H35N3O4S. The van der Waals surface area contributed by atoms with Crippen LogP contribution >= 0.6 is 0 Å². The zero-order valence-corrected chi connectivity index (χ0v) is 23.0. The maximum absolute atomic E-state index is 13.7. The number of nitrogens with one attached hydrogen (secondary N) is 1. The Bertz CT molecular complexity index is 1380. The summed E-state index contributed by atoms with van der Waals surface area (Å²) in [5.74, 6) is 0.0235. The molecule has 1 aliphatic rings. The van der Waals surface area contributed by atoms with Crippen LogP contribution in [0.15, 0.2) is 77.7 Å². The van der Waals surface area contributed by atoms with Gasteiger partial charge in [0.1, 0.15) is 6.54 Å². The number of benzene rings is 3. The highest BCUT2D eigenvalue weighted by molar-refractivity contribution is 7.92. The van der Waals surface area contributed by atoms with Crippen molar-refractivity contribution in [2.75, 3.05) is 17.4 Å². The average molecular weight is 534 g/mol. The third kappa shape index (κ3) is 6.42. The lowest BCUT2D eigenvalue weighted by molar-refractivity contribution is -0.128. The second-order valence-corrected chi connectivity index (χ2v) is 11.9. The second-order valence-electron chi connectivity index (χ2n) is 10.0. The van der Waals surface area contributed by atoms with Gasteiger partial charge in [-0.1, -0.05) is 67.9 Å². The van der Waals surface area contributed by atoms with Gasteiger partial charge in [-0.2, -0.15) is 0 Å². The Hall–Kier alpha value is -3.65. The van der Waals surface area contributed by atoms with Crippen LogP contribution in [0, 0.1) is 6.92 Å². The highest BCUT2D eigenvalue weighted by Crippen LogP contribution is 2.26. The van der Waals surface area contributed by atoms with Gasteiger partial charge in [-0.3, -0.25) is 13.9 Å². The average Bonchev–Trinajstić information content (AvgIpc) is 3.31. The van der Waals surface area contributed by atoms with Gasteiger partial charge in [-0.25, -0.2) is 8.42 Å². The molecule has 200 valence electrons. The van der Waals surface area contributed by atoms with E-state index in [9.17, 15) is 18.0 Å². The Morgan fingerprint density at radius 1 is 0.974 bits per heavy atom. The van der Waals surface area contributed by atoms with Crippen LogP contribution in [-0.4, -0.2) is 38.2 Å². The maximum Gasteiger partial charge on any atom is 0.264 e. The van der Waals surface area contributed by atoms with Crippen LogP contribution in [-0.2, 0) is 32.7 Å².